The van der Waals surface area contributed by atoms with Crippen LogP contribution in [0.15, 0.2) is 0 Å². The molecule has 0 aliphatic heterocycles. The maximum Gasteiger partial charge on any atom is 0.0547 e. The number of hydrogen-bond acceptors (Lipinski definition) is 2. The smallest absolute Gasteiger partial charge is 0.0547 e. The van der Waals surface area contributed by atoms with E-state index in [2.05, 4.69) is 6.92 Å². The third kappa shape index (κ3) is 4.16. The molecule has 0 fully saturated rings. The van der Waals surface area contributed by atoms with Gasteiger partial charge in [0.05, 0.1) is 6.61 Å². The van der Waals surface area contributed by atoms with E-state index in [-0.39, 0.29) is 0 Å². The summed E-state index contributed by atoms with van der Waals surface area (Å²) in [5.41, 5.74) is 0. The molecule has 0 saturated carbocycles. The molecule has 0 aromatic heterocycles. The van der Waals surface area contributed by atoms with Gasteiger partial charge in [0.2, 0.25) is 0 Å². The first-order chi connectivity index (χ1) is 3.31. The monoisotopic (exact) mass is 120 g/mol. The Balaban J connectivity index is 2.83. The van der Waals surface area contributed by atoms with Crippen LogP contribution in [0, 0.1) is 0 Å². The molecule has 1 nitrogen and oxygen atoms in total. The van der Waals surface area contributed by atoms with Crippen LogP contribution in [0.25, 0.3) is 0 Å². The molecule has 44 valence electrons. The second-order valence-corrected chi connectivity index (χ2v) is 3.16. The maximum absolute atomic E-state index is 8.45. The molecular formula is C5H12OS. The Morgan fingerprint density at radius 1 is 1.71 bits per heavy atom. The van der Waals surface area contributed by atoms with E-state index >= 15 is 0 Å². The predicted octanol–water partition coefficient (Wildman–Crippen LogP) is 1.12. The van der Waals surface area contributed by atoms with Gasteiger partial charge in [-0.05, 0) is 5.75 Å². The van der Waals surface area contributed by atoms with Gasteiger partial charge in [-0.1, -0.05) is 13.8 Å². The normalized spacial score (nSPS) is 14.1. The highest BCUT2D eigenvalue weighted by molar-refractivity contribution is 7.99. The summed E-state index contributed by atoms with van der Waals surface area (Å²) in [6.07, 6.45) is 0. The second-order valence-electron chi connectivity index (χ2n) is 1.45. The molecule has 2 heteroatoms. The third-order valence-corrected chi connectivity index (χ3v) is 1.76. The average Bonchev–Trinajstić information content (AvgIpc) is 1.68. The molecule has 0 unspecified atom stereocenters. The Bertz CT molecular complexity index is 39.1. The van der Waals surface area contributed by atoms with Gasteiger partial charge in [-0.3, -0.25) is 0 Å². The van der Waals surface area contributed by atoms with Gasteiger partial charge in [0.15, 0.2) is 0 Å². The summed E-state index contributed by atoms with van der Waals surface area (Å²) in [6, 6.07) is 0. The lowest BCUT2D eigenvalue weighted by Gasteiger charge is -2.01. The molecule has 0 heterocycles. The van der Waals surface area contributed by atoms with Gasteiger partial charge in [-0.15, -0.1) is 0 Å². The Labute approximate surface area is 49.1 Å². The molecule has 0 rings (SSSR count). The van der Waals surface area contributed by atoms with E-state index in [0.29, 0.717) is 11.9 Å². The summed E-state index contributed by atoms with van der Waals surface area (Å²) in [4.78, 5) is 0. The lowest BCUT2D eigenvalue weighted by molar-refractivity contribution is 0.300. The molecule has 0 aliphatic carbocycles. The van der Waals surface area contributed by atoms with Crippen molar-refractivity contribution in [2.24, 2.45) is 0 Å². The fourth-order valence-corrected chi connectivity index (χ4v) is 1.01. The molecule has 0 amide bonds. The molecule has 7 heavy (non-hydrogen) atoms. The van der Waals surface area contributed by atoms with E-state index in [9.17, 15) is 0 Å². The van der Waals surface area contributed by atoms with E-state index in [1.165, 1.54) is 0 Å². The van der Waals surface area contributed by atoms with Crippen molar-refractivity contribution in [3.05, 3.63) is 0 Å². The number of aliphatic hydroxyl groups is 1. The molecule has 0 saturated heterocycles. The highest BCUT2D eigenvalue weighted by atomic mass is 32.2. The minimum atomic E-state index is 0.304. The van der Waals surface area contributed by atoms with Gasteiger partial charge in [-0.2, -0.15) is 11.8 Å². The number of aliphatic hydroxyl groups excluding tert-OH is 1. The van der Waals surface area contributed by atoms with Crippen LogP contribution >= 0.6 is 11.8 Å². The van der Waals surface area contributed by atoms with E-state index in [0.717, 1.165) is 5.75 Å². The van der Waals surface area contributed by atoms with Crippen molar-refractivity contribution >= 4 is 11.8 Å². The first-order valence-corrected chi connectivity index (χ1v) is 3.58. The van der Waals surface area contributed by atoms with E-state index in [1.807, 2.05) is 6.92 Å². The predicted molar refractivity (Wildman–Crippen MR) is 34.7 cm³/mol. The average molecular weight is 120 g/mol. The molecule has 0 aliphatic rings. The summed E-state index contributed by atoms with van der Waals surface area (Å²) in [6.45, 7) is 4.42. The van der Waals surface area contributed by atoms with Crippen LogP contribution in [-0.4, -0.2) is 22.7 Å². The Morgan fingerprint density at radius 3 is 2.43 bits per heavy atom. The zero-order valence-electron chi connectivity index (χ0n) is 4.85. The summed E-state index contributed by atoms with van der Waals surface area (Å²) < 4.78 is 0. The van der Waals surface area contributed by atoms with E-state index in [1.54, 1.807) is 11.8 Å². The Kier molecular flexibility index (Phi) is 4.67. The molecule has 0 spiro atoms. The number of thioether (sulfide) groups is 1. The molecule has 0 aromatic carbocycles. The first kappa shape index (κ1) is 7.31. The molecule has 0 aromatic rings. The molecule has 0 bridgehead atoms. The third-order valence-electron chi connectivity index (χ3n) is 0.708. The van der Waals surface area contributed by atoms with E-state index in [4.69, 9.17) is 5.11 Å². The van der Waals surface area contributed by atoms with Gasteiger partial charge >= 0.3 is 0 Å². The number of hydrogen-bond donors (Lipinski definition) is 1. The fraction of sp³-hybridized carbons (Fsp3) is 1.00. The molecule has 1 atom stereocenters. The van der Waals surface area contributed by atoms with Gasteiger partial charge in [-0.25, -0.2) is 0 Å². The Hall–Kier alpha value is 0.310. The summed E-state index contributed by atoms with van der Waals surface area (Å²) in [5.74, 6) is 1.10. The summed E-state index contributed by atoms with van der Waals surface area (Å²) >= 11 is 1.78. The van der Waals surface area contributed by atoms with Crippen LogP contribution in [0.2, 0.25) is 0 Å². The van der Waals surface area contributed by atoms with Crippen molar-refractivity contribution in [3.8, 4) is 0 Å². The topological polar surface area (TPSA) is 20.2 Å². The van der Waals surface area contributed by atoms with Crippen LogP contribution in [0.4, 0.5) is 0 Å². The van der Waals surface area contributed by atoms with Crippen LogP contribution < -0.4 is 0 Å². The van der Waals surface area contributed by atoms with Crippen LogP contribution in [0.5, 0.6) is 0 Å². The minimum Gasteiger partial charge on any atom is -0.395 e. The van der Waals surface area contributed by atoms with Crippen LogP contribution in [-0.2, 0) is 0 Å². The van der Waals surface area contributed by atoms with Crippen LogP contribution in [0.3, 0.4) is 0 Å². The second kappa shape index (κ2) is 4.47. The fourth-order valence-electron chi connectivity index (χ4n) is 0.337. The van der Waals surface area contributed by atoms with Crippen molar-refractivity contribution in [3.63, 3.8) is 0 Å². The van der Waals surface area contributed by atoms with Crippen molar-refractivity contribution in [2.75, 3.05) is 12.4 Å². The summed E-state index contributed by atoms with van der Waals surface area (Å²) in [5, 5.41) is 8.87. The van der Waals surface area contributed by atoms with Gasteiger partial charge in [0, 0.05) is 5.25 Å². The quantitative estimate of drug-likeness (QED) is 0.602. The number of rotatable bonds is 3. The summed E-state index contributed by atoms with van der Waals surface area (Å²) in [7, 11) is 0. The molecular weight excluding hydrogens is 108 g/mol. The zero-order chi connectivity index (χ0) is 5.70. The van der Waals surface area contributed by atoms with Crippen molar-refractivity contribution in [1.29, 1.82) is 0 Å². The van der Waals surface area contributed by atoms with Crippen LogP contribution in [0.1, 0.15) is 13.8 Å². The Morgan fingerprint density at radius 2 is 2.29 bits per heavy atom. The zero-order valence-corrected chi connectivity index (χ0v) is 5.66. The SMILES string of the molecule is CCS[C@@H](C)CO. The molecule has 1 N–H and O–H groups in total. The van der Waals surface area contributed by atoms with Crippen molar-refractivity contribution in [1.82, 2.24) is 0 Å². The standard InChI is InChI=1S/C5H12OS/c1-3-7-5(2)4-6/h5-6H,3-4H2,1-2H3/t5-/m0/s1. The van der Waals surface area contributed by atoms with E-state index < -0.39 is 0 Å². The lowest BCUT2D eigenvalue weighted by Crippen LogP contribution is -2.01. The lowest BCUT2D eigenvalue weighted by atomic mass is 10.5. The van der Waals surface area contributed by atoms with Gasteiger partial charge < -0.3 is 5.11 Å². The maximum atomic E-state index is 8.45. The largest absolute Gasteiger partial charge is 0.395 e. The highest BCUT2D eigenvalue weighted by Crippen LogP contribution is 2.06. The van der Waals surface area contributed by atoms with Gasteiger partial charge in [0.1, 0.15) is 0 Å². The van der Waals surface area contributed by atoms with Crippen molar-refractivity contribution < 1.29 is 5.11 Å². The molecule has 0 radical (unpaired) electrons. The van der Waals surface area contributed by atoms with Gasteiger partial charge in [0.25, 0.3) is 0 Å². The highest BCUT2D eigenvalue weighted by Gasteiger charge is 1.94. The van der Waals surface area contributed by atoms with Crippen molar-refractivity contribution in [2.45, 2.75) is 19.1 Å². The first-order valence-electron chi connectivity index (χ1n) is 2.53. The minimum absolute atomic E-state index is 0.304.